The first kappa shape index (κ1) is 52.0. The standard InChI is InChI=1S/C54H66N4O10/c1-6-8-10-19-34-58(50(51(61)55-32-9-7-2)43-30-31-45(67-37-47(60)65-4)44(35-43)52(62)66-5)46(59)25-18-13-20-33-57-38(3)48(53(63)68-36-39-21-14-11-15-22-39)49(56-54(57)64)42-28-26-41(27-29-42)40-23-16-12-17-24-40/h11-12,14-17,21-24,26-31,35,49-50H,6-10,13,18-20,25,32-34,36-37H2,1-5H3,(H,55,61)(H,56,64)/t49-,50-/m1/s1. The van der Waals surface area contributed by atoms with Gasteiger partial charge >= 0.3 is 23.9 Å². The van der Waals surface area contributed by atoms with Crippen molar-refractivity contribution in [3.8, 4) is 16.9 Å². The Bertz CT molecular complexity index is 2330. The van der Waals surface area contributed by atoms with Crippen LogP contribution in [-0.2, 0) is 40.0 Å². The summed E-state index contributed by atoms with van der Waals surface area (Å²) in [4.78, 5) is 84.4. The monoisotopic (exact) mass is 930 g/mol. The predicted molar refractivity (Wildman–Crippen MR) is 259 cm³/mol. The van der Waals surface area contributed by atoms with E-state index in [4.69, 9.17) is 14.2 Å². The van der Waals surface area contributed by atoms with Gasteiger partial charge in [-0.05, 0) is 72.6 Å². The maximum atomic E-state index is 14.4. The van der Waals surface area contributed by atoms with Crippen LogP contribution in [0.4, 0.5) is 4.79 Å². The number of amides is 4. The van der Waals surface area contributed by atoms with Crippen molar-refractivity contribution in [1.82, 2.24) is 20.4 Å². The van der Waals surface area contributed by atoms with Crippen LogP contribution in [0.5, 0.6) is 5.75 Å². The maximum Gasteiger partial charge on any atom is 0.343 e. The summed E-state index contributed by atoms with van der Waals surface area (Å²) in [7, 11) is 2.44. The Labute approximate surface area is 400 Å². The Balaban J connectivity index is 1.34. The summed E-state index contributed by atoms with van der Waals surface area (Å²) in [6.07, 6.45) is 6.70. The highest BCUT2D eigenvalue weighted by Crippen LogP contribution is 2.34. The second-order valence-corrected chi connectivity index (χ2v) is 16.7. The topological polar surface area (TPSA) is 170 Å². The van der Waals surface area contributed by atoms with Crippen molar-refractivity contribution in [3.63, 3.8) is 0 Å². The summed E-state index contributed by atoms with van der Waals surface area (Å²) in [6, 6.07) is 29.6. The minimum absolute atomic E-state index is 0.00960. The van der Waals surface area contributed by atoms with E-state index in [1.54, 1.807) is 22.8 Å². The van der Waals surface area contributed by atoms with Crippen molar-refractivity contribution in [2.45, 2.75) is 104 Å². The maximum absolute atomic E-state index is 14.4. The van der Waals surface area contributed by atoms with E-state index in [0.717, 1.165) is 54.4 Å². The molecule has 4 amide bonds. The fraction of sp³-hybridized carbons (Fsp3) is 0.407. The molecule has 362 valence electrons. The van der Waals surface area contributed by atoms with Crippen LogP contribution >= 0.6 is 0 Å². The van der Waals surface area contributed by atoms with Gasteiger partial charge in [0.05, 0.1) is 25.8 Å². The molecule has 1 aliphatic rings. The van der Waals surface area contributed by atoms with Crippen LogP contribution in [0, 0.1) is 0 Å². The van der Waals surface area contributed by atoms with E-state index in [-0.39, 0.29) is 48.7 Å². The second kappa shape index (κ2) is 27.0. The first-order valence-corrected chi connectivity index (χ1v) is 23.6. The van der Waals surface area contributed by atoms with E-state index < -0.39 is 36.6 Å². The van der Waals surface area contributed by atoms with Crippen LogP contribution in [0.3, 0.4) is 0 Å². The third-order valence-electron chi connectivity index (χ3n) is 11.9. The van der Waals surface area contributed by atoms with Crippen LogP contribution in [0.1, 0.15) is 124 Å². The Kier molecular flexibility index (Phi) is 20.7. The van der Waals surface area contributed by atoms with E-state index in [1.165, 1.54) is 26.4 Å². The molecule has 2 atom stereocenters. The molecular weight excluding hydrogens is 865 g/mol. The smallest absolute Gasteiger partial charge is 0.343 e. The number of hydrogen-bond donors (Lipinski definition) is 2. The molecule has 0 bridgehead atoms. The van der Waals surface area contributed by atoms with Crippen molar-refractivity contribution in [2.24, 2.45) is 0 Å². The zero-order valence-electron chi connectivity index (χ0n) is 40.1. The predicted octanol–water partition coefficient (Wildman–Crippen LogP) is 9.40. The first-order valence-electron chi connectivity index (χ1n) is 23.6. The fourth-order valence-electron chi connectivity index (χ4n) is 8.10. The van der Waals surface area contributed by atoms with Crippen LogP contribution in [0.15, 0.2) is 114 Å². The largest absolute Gasteiger partial charge is 0.481 e. The summed E-state index contributed by atoms with van der Waals surface area (Å²) in [5.74, 6) is -2.48. The van der Waals surface area contributed by atoms with Crippen molar-refractivity contribution in [1.29, 1.82) is 0 Å². The molecule has 0 radical (unpaired) electrons. The van der Waals surface area contributed by atoms with Crippen LogP contribution < -0.4 is 15.4 Å². The molecule has 14 nitrogen and oxygen atoms in total. The van der Waals surface area contributed by atoms with E-state index >= 15 is 0 Å². The quantitative estimate of drug-likeness (QED) is 0.0351. The molecule has 4 aromatic rings. The number of nitrogens with one attached hydrogen (secondary N) is 2. The number of rotatable bonds is 26. The minimum atomic E-state index is -1.08. The molecular formula is C54H66N4O10. The summed E-state index contributed by atoms with van der Waals surface area (Å²) in [6.45, 7) is 6.48. The van der Waals surface area contributed by atoms with Gasteiger partial charge in [0, 0.05) is 31.8 Å². The number of hydrogen-bond acceptors (Lipinski definition) is 10. The molecule has 0 aromatic heterocycles. The van der Waals surface area contributed by atoms with Crippen molar-refractivity contribution in [2.75, 3.05) is 40.5 Å². The lowest BCUT2D eigenvalue weighted by molar-refractivity contribution is -0.143. The van der Waals surface area contributed by atoms with Gasteiger partial charge in [0.15, 0.2) is 6.61 Å². The third-order valence-corrected chi connectivity index (χ3v) is 11.9. The third kappa shape index (κ3) is 14.5. The number of benzene rings is 4. The molecule has 2 N–H and O–H groups in total. The van der Waals surface area contributed by atoms with Gasteiger partial charge in [-0.15, -0.1) is 0 Å². The molecule has 0 saturated carbocycles. The van der Waals surface area contributed by atoms with Crippen molar-refractivity contribution >= 4 is 35.8 Å². The van der Waals surface area contributed by atoms with Crippen LogP contribution in [0.25, 0.3) is 11.1 Å². The molecule has 0 unspecified atom stereocenters. The lowest BCUT2D eigenvalue weighted by Crippen LogP contribution is -2.48. The highest BCUT2D eigenvalue weighted by atomic mass is 16.6. The number of esters is 3. The van der Waals surface area contributed by atoms with Crippen molar-refractivity contribution in [3.05, 3.63) is 137 Å². The zero-order chi connectivity index (χ0) is 48.8. The van der Waals surface area contributed by atoms with Gasteiger partial charge in [-0.2, -0.15) is 0 Å². The van der Waals surface area contributed by atoms with Gasteiger partial charge in [0.2, 0.25) is 11.8 Å². The number of carbonyl (C=O) groups is 6. The molecule has 0 spiro atoms. The lowest BCUT2D eigenvalue weighted by atomic mass is 9.93. The number of unbranched alkanes of at least 4 members (excludes halogenated alkanes) is 6. The fourth-order valence-corrected chi connectivity index (χ4v) is 8.10. The number of allylic oxidation sites excluding steroid dienone is 1. The number of nitrogens with zero attached hydrogens (tertiary/aromatic N) is 2. The van der Waals surface area contributed by atoms with E-state index in [2.05, 4.69) is 22.3 Å². The first-order chi connectivity index (χ1) is 33.0. The molecule has 14 heteroatoms. The molecule has 4 aromatic carbocycles. The molecule has 1 heterocycles. The van der Waals surface area contributed by atoms with Crippen LogP contribution in [0.2, 0.25) is 0 Å². The van der Waals surface area contributed by atoms with Gasteiger partial charge in [-0.3, -0.25) is 14.5 Å². The molecule has 1 aliphatic heterocycles. The average molecular weight is 931 g/mol. The average Bonchev–Trinajstić information content (AvgIpc) is 3.36. The Morgan fingerprint density at radius 2 is 1.43 bits per heavy atom. The summed E-state index contributed by atoms with van der Waals surface area (Å²) in [5, 5.41) is 6.06. The van der Waals surface area contributed by atoms with E-state index in [0.29, 0.717) is 55.6 Å². The second-order valence-electron chi connectivity index (χ2n) is 16.7. The van der Waals surface area contributed by atoms with E-state index in [9.17, 15) is 28.8 Å². The highest BCUT2D eigenvalue weighted by Gasteiger charge is 2.37. The molecule has 68 heavy (non-hydrogen) atoms. The van der Waals surface area contributed by atoms with E-state index in [1.807, 2.05) is 91.9 Å². The SMILES string of the molecule is CCCCCCN(C(=O)CCCCCN1C(=O)N[C@H](c2ccc(-c3ccccc3)cc2)C(C(=O)OCc2ccccc2)=C1C)[C@@H](C(=O)NCCCC)c1ccc(OCC(=O)OC)c(C(=O)OC)c1. The summed E-state index contributed by atoms with van der Waals surface area (Å²) < 4.78 is 21.2. The summed E-state index contributed by atoms with van der Waals surface area (Å²) in [5.41, 5.74) is 4.82. The number of carbonyl (C=O) groups excluding carboxylic acids is 6. The van der Waals surface area contributed by atoms with Gasteiger partial charge in [0.25, 0.3) is 0 Å². The molecule has 0 fully saturated rings. The number of methoxy groups -OCH3 is 2. The Morgan fingerprint density at radius 3 is 2.10 bits per heavy atom. The van der Waals surface area contributed by atoms with Gasteiger partial charge < -0.3 is 34.5 Å². The minimum Gasteiger partial charge on any atom is -0.481 e. The van der Waals surface area contributed by atoms with Gasteiger partial charge in [-0.1, -0.05) is 137 Å². The van der Waals surface area contributed by atoms with Gasteiger partial charge in [0.1, 0.15) is 24.0 Å². The van der Waals surface area contributed by atoms with Crippen molar-refractivity contribution < 1.29 is 47.7 Å². The highest BCUT2D eigenvalue weighted by molar-refractivity contribution is 5.96. The molecule has 5 rings (SSSR count). The van der Waals surface area contributed by atoms with Crippen LogP contribution in [-0.4, -0.2) is 86.0 Å². The molecule has 0 saturated heterocycles. The van der Waals surface area contributed by atoms with Gasteiger partial charge in [-0.25, -0.2) is 19.2 Å². The zero-order valence-corrected chi connectivity index (χ0v) is 40.1. The Morgan fingerprint density at radius 1 is 0.750 bits per heavy atom. The Hall–Kier alpha value is -6.96. The summed E-state index contributed by atoms with van der Waals surface area (Å²) >= 11 is 0. The normalized spacial score (nSPS) is 13.8. The lowest BCUT2D eigenvalue weighted by Gasteiger charge is -2.35. The number of ether oxygens (including phenoxy) is 4. The molecule has 0 aliphatic carbocycles. The number of urea groups is 1.